The average molecular weight is 357 g/mol. The predicted molar refractivity (Wildman–Crippen MR) is 104 cm³/mol. The van der Waals surface area contributed by atoms with Crippen LogP contribution >= 0.6 is 11.3 Å². The first-order valence-corrected chi connectivity index (χ1v) is 10.1. The molecule has 2 atom stereocenters. The molecule has 0 bridgehead atoms. The number of anilines is 2. The number of hydrogen-bond acceptors (Lipinski definition) is 3. The van der Waals surface area contributed by atoms with Gasteiger partial charge in [0, 0.05) is 41.3 Å². The molecule has 0 saturated carbocycles. The highest BCUT2D eigenvalue weighted by Gasteiger charge is 2.29. The molecule has 1 unspecified atom stereocenters. The zero-order valence-electron chi connectivity index (χ0n) is 14.8. The van der Waals surface area contributed by atoms with E-state index >= 15 is 0 Å². The van der Waals surface area contributed by atoms with Gasteiger partial charge in [-0.05, 0) is 55.5 Å². The number of nitrogens with one attached hydrogen (secondary N) is 2. The van der Waals surface area contributed by atoms with Crippen molar-refractivity contribution in [3.63, 3.8) is 0 Å². The lowest BCUT2D eigenvalue weighted by atomic mass is 10.0. The lowest BCUT2D eigenvalue weighted by Gasteiger charge is -2.29. The van der Waals surface area contributed by atoms with Crippen LogP contribution in [0.5, 0.6) is 0 Å². The van der Waals surface area contributed by atoms with Crippen LogP contribution < -0.4 is 15.1 Å². The van der Waals surface area contributed by atoms with Gasteiger partial charge >= 0.3 is 0 Å². The molecule has 4 rings (SSSR count). The molecule has 2 aliphatic heterocycles. The molecule has 4 nitrogen and oxygen atoms in total. The van der Waals surface area contributed by atoms with Crippen LogP contribution in [0.3, 0.4) is 0 Å². The zero-order chi connectivity index (χ0) is 17.2. The fourth-order valence-corrected chi connectivity index (χ4v) is 5.01. The summed E-state index contributed by atoms with van der Waals surface area (Å²) in [5.74, 6) is 0.106. The summed E-state index contributed by atoms with van der Waals surface area (Å²) in [6.45, 7) is 6.09. The maximum Gasteiger partial charge on any atom is 0.279 e. The minimum Gasteiger partial charge on any atom is -0.372 e. The summed E-state index contributed by atoms with van der Waals surface area (Å²) in [4.78, 5) is 17.7. The maximum absolute atomic E-state index is 12.5. The first-order chi connectivity index (χ1) is 12.2. The van der Waals surface area contributed by atoms with E-state index in [1.807, 2.05) is 23.5 Å². The van der Waals surface area contributed by atoms with E-state index in [4.69, 9.17) is 0 Å². The Kier molecular flexibility index (Phi) is 4.77. The number of carbonyl (C=O) groups is 1. The first-order valence-electron chi connectivity index (χ1n) is 9.26. The minimum atomic E-state index is 0.106. The predicted octanol–water partition coefficient (Wildman–Crippen LogP) is 2.49. The number of quaternary nitrogens is 1. The summed E-state index contributed by atoms with van der Waals surface area (Å²) in [6, 6.07) is 10.9. The molecule has 0 radical (unpaired) electrons. The Morgan fingerprint density at radius 1 is 1.24 bits per heavy atom. The maximum atomic E-state index is 12.5. The molecule has 3 heterocycles. The molecule has 0 aliphatic carbocycles. The molecule has 1 aromatic carbocycles. The van der Waals surface area contributed by atoms with Crippen molar-refractivity contribution in [2.45, 2.75) is 32.2 Å². The molecule has 2 aromatic rings. The fraction of sp³-hybridized carbons (Fsp3) is 0.450. The number of hydrogen-bond donors (Lipinski definition) is 2. The van der Waals surface area contributed by atoms with Crippen molar-refractivity contribution >= 4 is 28.6 Å². The number of fused-ring (bicyclic) bond motifs is 1. The lowest BCUT2D eigenvalue weighted by Crippen LogP contribution is -3.14. The molecule has 1 amide bonds. The Morgan fingerprint density at radius 2 is 2.00 bits per heavy atom. The Balaban J connectivity index is 1.34. The van der Waals surface area contributed by atoms with Crippen LogP contribution in [0.4, 0.5) is 11.4 Å². The highest BCUT2D eigenvalue weighted by molar-refractivity contribution is 7.10. The van der Waals surface area contributed by atoms with Gasteiger partial charge in [-0.1, -0.05) is 0 Å². The van der Waals surface area contributed by atoms with E-state index in [-0.39, 0.29) is 5.91 Å². The molecule has 1 fully saturated rings. The molecule has 5 heteroatoms. The third-order valence-corrected chi connectivity index (χ3v) is 6.54. The minimum absolute atomic E-state index is 0.106. The van der Waals surface area contributed by atoms with Crippen molar-refractivity contribution in [1.29, 1.82) is 0 Å². The van der Waals surface area contributed by atoms with Crippen molar-refractivity contribution in [1.82, 2.24) is 0 Å². The Bertz CT molecular complexity index is 734. The van der Waals surface area contributed by atoms with Crippen molar-refractivity contribution in [2.24, 2.45) is 0 Å². The second kappa shape index (κ2) is 7.18. The number of rotatable bonds is 4. The Morgan fingerprint density at radius 3 is 2.76 bits per heavy atom. The normalized spacial score (nSPS) is 22.7. The van der Waals surface area contributed by atoms with Gasteiger partial charge in [0.15, 0.2) is 6.54 Å². The van der Waals surface area contributed by atoms with Crippen LogP contribution in [0.1, 0.15) is 36.2 Å². The largest absolute Gasteiger partial charge is 0.372 e. The molecular weight excluding hydrogens is 330 g/mol. The van der Waals surface area contributed by atoms with Crippen molar-refractivity contribution < 1.29 is 9.69 Å². The number of amides is 1. The van der Waals surface area contributed by atoms with E-state index in [0.717, 1.165) is 31.7 Å². The van der Waals surface area contributed by atoms with Gasteiger partial charge in [-0.25, -0.2) is 0 Å². The number of thiophene rings is 1. The Labute approximate surface area is 153 Å². The van der Waals surface area contributed by atoms with E-state index in [9.17, 15) is 4.79 Å². The van der Waals surface area contributed by atoms with Crippen LogP contribution in [0.25, 0.3) is 0 Å². The van der Waals surface area contributed by atoms with E-state index in [2.05, 4.69) is 40.7 Å². The monoisotopic (exact) mass is 356 g/mol. The molecule has 1 aromatic heterocycles. The third-order valence-electron chi connectivity index (χ3n) is 5.54. The van der Waals surface area contributed by atoms with Crippen molar-refractivity contribution in [3.8, 4) is 0 Å². The van der Waals surface area contributed by atoms with Gasteiger partial charge in [0.25, 0.3) is 5.91 Å². The fourth-order valence-electron chi connectivity index (χ4n) is 4.03. The smallest absolute Gasteiger partial charge is 0.279 e. The SMILES string of the molecule is C[C@@H]1c2ccsc2CC[NH+]1CC(=O)Nc1ccc(N2CCCC2)cc1. The first kappa shape index (κ1) is 16.6. The molecule has 25 heavy (non-hydrogen) atoms. The van der Waals surface area contributed by atoms with Gasteiger partial charge in [0.2, 0.25) is 0 Å². The van der Waals surface area contributed by atoms with Crippen molar-refractivity contribution in [2.75, 3.05) is 36.4 Å². The van der Waals surface area contributed by atoms with Gasteiger partial charge in [0.05, 0.1) is 6.54 Å². The van der Waals surface area contributed by atoms with E-state index in [1.165, 1.54) is 33.9 Å². The van der Waals surface area contributed by atoms with Crippen molar-refractivity contribution in [3.05, 3.63) is 46.2 Å². The van der Waals surface area contributed by atoms with Gasteiger partial charge in [0.1, 0.15) is 6.04 Å². The number of carbonyl (C=O) groups excluding carboxylic acids is 1. The van der Waals surface area contributed by atoms with Gasteiger partial charge in [-0.15, -0.1) is 11.3 Å². The lowest BCUT2D eigenvalue weighted by molar-refractivity contribution is -0.923. The van der Waals surface area contributed by atoms with Crippen LogP contribution in [0.2, 0.25) is 0 Å². The van der Waals surface area contributed by atoms with Crippen LogP contribution in [0, 0.1) is 0 Å². The summed E-state index contributed by atoms with van der Waals surface area (Å²) in [5.41, 5.74) is 3.58. The van der Waals surface area contributed by atoms with Gasteiger partial charge < -0.3 is 15.1 Å². The van der Waals surface area contributed by atoms with Crippen LogP contribution in [0.15, 0.2) is 35.7 Å². The summed E-state index contributed by atoms with van der Waals surface area (Å²) in [5, 5.41) is 5.24. The van der Waals surface area contributed by atoms with E-state index in [0.29, 0.717) is 12.6 Å². The molecule has 2 N–H and O–H groups in total. The average Bonchev–Trinajstić information content (AvgIpc) is 3.30. The van der Waals surface area contributed by atoms with Gasteiger partial charge in [-0.3, -0.25) is 4.79 Å². The summed E-state index contributed by atoms with van der Waals surface area (Å²) in [7, 11) is 0. The molecule has 1 saturated heterocycles. The highest BCUT2D eigenvalue weighted by atomic mass is 32.1. The summed E-state index contributed by atoms with van der Waals surface area (Å²) >= 11 is 1.85. The summed E-state index contributed by atoms with van der Waals surface area (Å²) < 4.78 is 0. The van der Waals surface area contributed by atoms with Crippen LogP contribution in [-0.4, -0.2) is 32.1 Å². The standard InChI is InChI=1S/C20H25N3OS/c1-15-18-9-13-25-19(18)8-12-23(15)14-20(24)21-16-4-6-17(7-5-16)22-10-2-3-11-22/h4-7,9,13,15H,2-3,8,10-12,14H2,1H3,(H,21,24)/p+1/t15-/m1/s1. The highest BCUT2D eigenvalue weighted by Crippen LogP contribution is 2.25. The summed E-state index contributed by atoms with van der Waals surface area (Å²) in [6.07, 6.45) is 3.65. The van der Waals surface area contributed by atoms with Gasteiger partial charge in [-0.2, -0.15) is 0 Å². The van der Waals surface area contributed by atoms with Crippen LogP contribution in [-0.2, 0) is 11.2 Å². The molecule has 0 spiro atoms. The molecule has 2 aliphatic rings. The van der Waals surface area contributed by atoms with E-state index < -0.39 is 0 Å². The Hall–Kier alpha value is -1.85. The van der Waals surface area contributed by atoms with E-state index in [1.54, 1.807) is 0 Å². The quantitative estimate of drug-likeness (QED) is 0.883. The number of nitrogens with zero attached hydrogens (tertiary/aromatic N) is 1. The second-order valence-electron chi connectivity index (χ2n) is 7.15. The molecular formula is C20H26N3OS+. The number of benzene rings is 1. The third kappa shape index (κ3) is 3.58. The molecule has 132 valence electrons. The topological polar surface area (TPSA) is 36.8 Å². The zero-order valence-corrected chi connectivity index (χ0v) is 15.6. The second-order valence-corrected chi connectivity index (χ2v) is 8.15.